The van der Waals surface area contributed by atoms with Gasteiger partial charge in [-0.3, -0.25) is 4.79 Å². The molecule has 0 unspecified atom stereocenters. The van der Waals surface area contributed by atoms with Gasteiger partial charge in [0, 0.05) is 5.92 Å². The van der Waals surface area contributed by atoms with E-state index in [4.69, 9.17) is 0 Å². The molecule has 2 saturated carbocycles. The highest BCUT2D eigenvalue weighted by molar-refractivity contribution is 5.73. The van der Waals surface area contributed by atoms with Crippen molar-refractivity contribution in [2.24, 2.45) is 0 Å². The fraction of sp³-hybridized carbons (Fsp3) is 0.750. The van der Waals surface area contributed by atoms with Crippen molar-refractivity contribution in [3.8, 4) is 0 Å². The molecule has 3 rings (SSSR count). The summed E-state index contributed by atoms with van der Waals surface area (Å²) in [5.74, 6) is 0.538. The van der Waals surface area contributed by atoms with Crippen molar-refractivity contribution < 1.29 is 4.79 Å². The van der Waals surface area contributed by atoms with Gasteiger partial charge >= 0.3 is 0 Å². The van der Waals surface area contributed by atoms with E-state index in [2.05, 4.69) is 15.0 Å². The van der Waals surface area contributed by atoms with Crippen LogP contribution in [0.4, 0.5) is 0 Å². The first-order chi connectivity index (χ1) is 7.90. The van der Waals surface area contributed by atoms with Gasteiger partial charge in [-0.15, -0.1) is 5.10 Å². The number of carbonyl (C=O) groups is 1. The maximum atomic E-state index is 11.0. The van der Waals surface area contributed by atoms with E-state index in [9.17, 15) is 4.79 Å². The van der Waals surface area contributed by atoms with Crippen molar-refractivity contribution in [2.45, 2.75) is 56.9 Å². The summed E-state index contributed by atoms with van der Waals surface area (Å²) in [5.41, 5.74) is 1.70. The van der Waals surface area contributed by atoms with Crippen molar-refractivity contribution in [1.29, 1.82) is 0 Å². The van der Waals surface area contributed by atoms with E-state index in [1.807, 2.05) is 0 Å². The van der Waals surface area contributed by atoms with Crippen molar-refractivity contribution in [2.75, 3.05) is 0 Å². The Morgan fingerprint density at radius 3 is 2.44 bits per heavy atom. The maximum absolute atomic E-state index is 11.0. The van der Waals surface area contributed by atoms with E-state index < -0.39 is 0 Å². The summed E-state index contributed by atoms with van der Waals surface area (Å²) in [4.78, 5) is 11.0. The third-order valence-electron chi connectivity index (χ3n) is 4.03. The average Bonchev–Trinajstić information content (AvgIpc) is 2.82. The number of aldehydes is 1. The Morgan fingerprint density at radius 2 is 1.88 bits per heavy atom. The second-order valence-electron chi connectivity index (χ2n) is 4.99. The van der Waals surface area contributed by atoms with Gasteiger partial charge in [-0.1, -0.05) is 24.5 Å². The summed E-state index contributed by atoms with van der Waals surface area (Å²) in [6.45, 7) is 0. The summed E-state index contributed by atoms with van der Waals surface area (Å²) in [6.07, 6.45) is 9.49. The Morgan fingerprint density at radius 1 is 1.12 bits per heavy atom. The van der Waals surface area contributed by atoms with E-state index in [1.54, 1.807) is 0 Å². The van der Waals surface area contributed by atoms with Crippen LogP contribution in [-0.2, 0) is 0 Å². The summed E-state index contributed by atoms with van der Waals surface area (Å²) in [7, 11) is 0. The van der Waals surface area contributed by atoms with Gasteiger partial charge in [-0.05, 0) is 25.7 Å². The van der Waals surface area contributed by atoms with Crippen LogP contribution >= 0.6 is 0 Å². The Bertz CT molecular complexity index is 389. The van der Waals surface area contributed by atoms with Crippen molar-refractivity contribution in [3.63, 3.8) is 0 Å². The van der Waals surface area contributed by atoms with Gasteiger partial charge < -0.3 is 0 Å². The minimum Gasteiger partial charge on any atom is -0.296 e. The van der Waals surface area contributed by atoms with E-state index in [0.29, 0.717) is 17.7 Å². The largest absolute Gasteiger partial charge is 0.296 e. The molecule has 2 fully saturated rings. The highest BCUT2D eigenvalue weighted by atomic mass is 16.1. The van der Waals surface area contributed by atoms with Crippen LogP contribution in [0.5, 0.6) is 0 Å². The first-order valence-corrected chi connectivity index (χ1v) is 6.30. The minimum atomic E-state index is 0.497. The Balaban J connectivity index is 1.96. The molecule has 0 N–H and O–H groups in total. The first kappa shape index (κ1) is 10.00. The number of nitrogens with zero attached hydrogens (tertiary/aromatic N) is 3. The minimum absolute atomic E-state index is 0.497. The molecule has 0 saturated heterocycles. The molecular formula is C12H17N3O. The zero-order valence-corrected chi connectivity index (χ0v) is 9.43. The molecule has 4 heteroatoms. The Labute approximate surface area is 95.0 Å². The van der Waals surface area contributed by atoms with E-state index in [1.165, 1.54) is 44.9 Å². The van der Waals surface area contributed by atoms with Crippen molar-refractivity contribution >= 4 is 6.29 Å². The number of hydrogen-bond acceptors (Lipinski definition) is 3. The number of aromatic nitrogens is 3. The predicted molar refractivity (Wildman–Crippen MR) is 59.5 cm³/mol. The van der Waals surface area contributed by atoms with Crippen LogP contribution in [0, 0.1) is 0 Å². The molecule has 0 aromatic carbocycles. The zero-order chi connectivity index (χ0) is 11.0. The van der Waals surface area contributed by atoms with E-state index in [0.717, 1.165) is 12.0 Å². The molecule has 1 heterocycles. The number of carbonyl (C=O) groups excluding carboxylic acids is 1. The molecule has 4 nitrogen and oxygen atoms in total. The van der Waals surface area contributed by atoms with E-state index >= 15 is 0 Å². The van der Waals surface area contributed by atoms with Crippen LogP contribution in [0.3, 0.4) is 0 Å². The standard InChI is InChI=1S/C12H17N3O/c16-8-11-12(9-4-3-5-9)15(14-13-11)10-6-1-2-7-10/h8-10H,1-7H2. The highest BCUT2D eigenvalue weighted by Gasteiger charge is 2.30. The third kappa shape index (κ3) is 1.47. The number of hydrogen-bond donors (Lipinski definition) is 0. The van der Waals surface area contributed by atoms with Crippen LogP contribution in [-0.4, -0.2) is 21.3 Å². The smallest absolute Gasteiger partial charge is 0.172 e. The lowest BCUT2D eigenvalue weighted by atomic mass is 9.82. The molecule has 2 aliphatic rings. The van der Waals surface area contributed by atoms with Gasteiger partial charge in [-0.2, -0.15) is 0 Å². The molecule has 0 atom stereocenters. The van der Waals surface area contributed by atoms with E-state index in [-0.39, 0.29) is 0 Å². The van der Waals surface area contributed by atoms with Gasteiger partial charge in [-0.25, -0.2) is 4.68 Å². The fourth-order valence-corrected chi connectivity index (χ4v) is 2.89. The van der Waals surface area contributed by atoms with Gasteiger partial charge in [0.2, 0.25) is 0 Å². The SMILES string of the molecule is O=Cc1nnn(C2CCCC2)c1C1CCC1. The Kier molecular flexibility index (Phi) is 2.50. The quantitative estimate of drug-likeness (QED) is 0.734. The molecule has 0 spiro atoms. The van der Waals surface area contributed by atoms with Gasteiger partial charge in [0.25, 0.3) is 0 Å². The molecule has 1 aromatic heterocycles. The summed E-state index contributed by atoms with van der Waals surface area (Å²) < 4.78 is 2.06. The van der Waals surface area contributed by atoms with Crippen LogP contribution in [0.15, 0.2) is 0 Å². The second-order valence-corrected chi connectivity index (χ2v) is 4.99. The van der Waals surface area contributed by atoms with Crippen LogP contribution in [0.1, 0.15) is 73.1 Å². The first-order valence-electron chi connectivity index (χ1n) is 6.30. The molecular weight excluding hydrogens is 202 g/mol. The second kappa shape index (κ2) is 4.00. The van der Waals surface area contributed by atoms with Gasteiger partial charge in [0.05, 0.1) is 11.7 Å². The normalized spacial score (nSPS) is 22.2. The van der Waals surface area contributed by atoms with Crippen molar-refractivity contribution in [1.82, 2.24) is 15.0 Å². The topological polar surface area (TPSA) is 47.8 Å². The van der Waals surface area contributed by atoms with Crippen LogP contribution < -0.4 is 0 Å². The Hall–Kier alpha value is -1.19. The van der Waals surface area contributed by atoms with Gasteiger partial charge in [0.15, 0.2) is 6.29 Å². The van der Waals surface area contributed by atoms with Crippen LogP contribution in [0.25, 0.3) is 0 Å². The lowest BCUT2D eigenvalue weighted by Gasteiger charge is -2.27. The molecule has 1 aromatic rings. The summed E-state index contributed by atoms with van der Waals surface area (Å²) >= 11 is 0. The lowest BCUT2D eigenvalue weighted by molar-refractivity contribution is 0.111. The van der Waals surface area contributed by atoms with Crippen molar-refractivity contribution in [3.05, 3.63) is 11.4 Å². The lowest BCUT2D eigenvalue weighted by Crippen LogP contribution is -2.19. The molecule has 86 valence electrons. The predicted octanol–water partition coefficient (Wildman–Crippen LogP) is 2.47. The molecule has 0 bridgehead atoms. The van der Waals surface area contributed by atoms with Gasteiger partial charge in [0.1, 0.15) is 5.69 Å². The number of rotatable bonds is 3. The highest BCUT2D eigenvalue weighted by Crippen LogP contribution is 2.40. The summed E-state index contributed by atoms with van der Waals surface area (Å²) in [5, 5.41) is 8.23. The molecule has 16 heavy (non-hydrogen) atoms. The maximum Gasteiger partial charge on any atom is 0.172 e. The molecule has 2 aliphatic carbocycles. The molecule has 0 aliphatic heterocycles. The average molecular weight is 219 g/mol. The molecule has 0 radical (unpaired) electrons. The monoisotopic (exact) mass is 219 g/mol. The fourth-order valence-electron chi connectivity index (χ4n) is 2.89. The molecule has 0 amide bonds. The van der Waals surface area contributed by atoms with Crippen LogP contribution in [0.2, 0.25) is 0 Å². The third-order valence-corrected chi connectivity index (χ3v) is 4.03. The zero-order valence-electron chi connectivity index (χ0n) is 9.43. The summed E-state index contributed by atoms with van der Waals surface area (Å²) in [6, 6.07) is 0.497.